The van der Waals surface area contributed by atoms with E-state index in [1.165, 1.54) is 0 Å². The number of nitrogens with one attached hydrogen (secondary N) is 1. The SMILES string of the molecule is COCCCCNCC(F)(F)F. The van der Waals surface area contributed by atoms with Crippen LogP contribution in [0, 0.1) is 0 Å². The van der Waals surface area contributed by atoms with Gasteiger partial charge in [0.15, 0.2) is 0 Å². The van der Waals surface area contributed by atoms with Crippen LogP contribution in [0.3, 0.4) is 0 Å². The summed E-state index contributed by atoms with van der Waals surface area (Å²) in [6, 6.07) is 0. The maximum Gasteiger partial charge on any atom is 0.401 e. The molecule has 0 rings (SSSR count). The van der Waals surface area contributed by atoms with Crippen molar-refractivity contribution in [3.8, 4) is 0 Å². The highest BCUT2D eigenvalue weighted by molar-refractivity contribution is 4.55. The van der Waals surface area contributed by atoms with Crippen LogP contribution in [0.2, 0.25) is 0 Å². The maximum absolute atomic E-state index is 11.5. The third-order valence-electron chi connectivity index (χ3n) is 1.28. The van der Waals surface area contributed by atoms with Gasteiger partial charge in [0, 0.05) is 13.7 Å². The first-order valence-corrected chi connectivity index (χ1v) is 3.82. The average Bonchev–Trinajstić information content (AvgIpc) is 1.94. The number of hydrogen-bond acceptors (Lipinski definition) is 2. The van der Waals surface area contributed by atoms with Crippen LogP contribution in [-0.4, -0.2) is 33.0 Å². The van der Waals surface area contributed by atoms with Crippen molar-refractivity contribution in [1.29, 1.82) is 0 Å². The summed E-state index contributed by atoms with van der Waals surface area (Å²) in [5.74, 6) is 0. The Hall–Kier alpha value is -0.290. The largest absolute Gasteiger partial charge is 0.401 e. The van der Waals surface area contributed by atoms with Crippen LogP contribution < -0.4 is 5.32 Å². The highest BCUT2D eigenvalue weighted by atomic mass is 19.4. The molecule has 0 atom stereocenters. The summed E-state index contributed by atoms with van der Waals surface area (Å²) in [5.41, 5.74) is 0. The maximum atomic E-state index is 11.5. The first-order valence-electron chi connectivity index (χ1n) is 3.82. The minimum Gasteiger partial charge on any atom is -0.385 e. The van der Waals surface area contributed by atoms with Crippen molar-refractivity contribution in [3.05, 3.63) is 0 Å². The number of methoxy groups -OCH3 is 1. The zero-order valence-corrected chi connectivity index (χ0v) is 7.08. The first kappa shape index (κ1) is 11.7. The van der Waals surface area contributed by atoms with Crippen molar-refractivity contribution in [2.75, 3.05) is 26.8 Å². The number of unbranched alkanes of at least 4 members (excludes halogenated alkanes) is 1. The minimum atomic E-state index is -4.10. The summed E-state index contributed by atoms with van der Waals surface area (Å²) in [6.07, 6.45) is -2.59. The first-order chi connectivity index (χ1) is 5.56. The zero-order chi connectivity index (χ0) is 9.45. The fourth-order valence-corrected chi connectivity index (χ4v) is 0.727. The Morgan fingerprint density at radius 2 is 1.92 bits per heavy atom. The van der Waals surface area contributed by atoms with Crippen LogP contribution >= 0.6 is 0 Å². The molecule has 74 valence electrons. The van der Waals surface area contributed by atoms with Gasteiger partial charge in [0.05, 0.1) is 6.54 Å². The second-order valence-electron chi connectivity index (χ2n) is 2.49. The van der Waals surface area contributed by atoms with Gasteiger partial charge in [-0.3, -0.25) is 0 Å². The van der Waals surface area contributed by atoms with E-state index in [2.05, 4.69) is 5.32 Å². The number of rotatable bonds is 6. The molecule has 0 unspecified atom stereocenters. The van der Waals surface area contributed by atoms with Gasteiger partial charge >= 0.3 is 6.18 Å². The van der Waals surface area contributed by atoms with Crippen molar-refractivity contribution in [3.63, 3.8) is 0 Å². The van der Waals surface area contributed by atoms with E-state index in [0.717, 1.165) is 6.42 Å². The second-order valence-corrected chi connectivity index (χ2v) is 2.49. The van der Waals surface area contributed by atoms with Crippen molar-refractivity contribution < 1.29 is 17.9 Å². The van der Waals surface area contributed by atoms with E-state index in [1.807, 2.05) is 0 Å². The number of alkyl halides is 3. The standard InChI is InChI=1S/C7H14F3NO/c1-12-5-3-2-4-11-6-7(8,9)10/h11H,2-6H2,1H3. The fraction of sp³-hybridized carbons (Fsp3) is 1.00. The van der Waals surface area contributed by atoms with Crippen LogP contribution in [0.5, 0.6) is 0 Å². The Labute approximate surface area is 70.1 Å². The molecular weight excluding hydrogens is 171 g/mol. The smallest absolute Gasteiger partial charge is 0.385 e. The molecule has 0 aromatic carbocycles. The van der Waals surface area contributed by atoms with Crippen molar-refractivity contribution in [2.45, 2.75) is 19.0 Å². The molecular formula is C7H14F3NO. The lowest BCUT2D eigenvalue weighted by atomic mass is 10.3. The van der Waals surface area contributed by atoms with Crippen LogP contribution in [0.1, 0.15) is 12.8 Å². The van der Waals surface area contributed by atoms with E-state index in [1.54, 1.807) is 7.11 Å². The molecule has 5 heteroatoms. The fourth-order valence-electron chi connectivity index (χ4n) is 0.727. The lowest BCUT2D eigenvalue weighted by Gasteiger charge is -2.07. The molecule has 0 radical (unpaired) electrons. The van der Waals surface area contributed by atoms with Gasteiger partial charge in [-0.05, 0) is 19.4 Å². The normalized spacial score (nSPS) is 12.0. The topological polar surface area (TPSA) is 21.3 Å². The third kappa shape index (κ3) is 9.71. The van der Waals surface area contributed by atoms with Crippen LogP contribution in [0.15, 0.2) is 0 Å². The average molecular weight is 185 g/mol. The summed E-state index contributed by atoms with van der Waals surface area (Å²) in [4.78, 5) is 0. The molecule has 0 aromatic heterocycles. The van der Waals surface area contributed by atoms with E-state index in [4.69, 9.17) is 4.74 Å². The zero-order valence-electron chi connectivity index (χ0n) is 7.08. The van der Waals surface area contributed by atoms with E-state index in [-0.39, 0.29) is 0 Å². The highest BCUT2D eigenvalue weighted by Gasteiger charge is 2.25. The van der Waals surface area contributed by atoms with Gasteiger partial charge in [-0.2, -0.15) is 13.2 Å². The van der Waals surface area contributed by atoms with Crippen molar-refractivity contribution in [2.24, 2.45) is 0 Å². The number of hydrogen-bond donors (Lipinski definition) is 1. The van der Waals surface area contributed by atoms with E-state index in [9.17, 15) is 13.2 Å². The van der Waals surface area contributed by atoms with Gasteiger partial charge in [0.1, 0.15) is 0 Å². The van der Waals surface area contributed by atoms with Gasteiger partial charge in [0.2, 0.25) is 0 Å². The monoisotopic (exact) mass is 185 g/mol. The molecule has 0 saturated carbocycles. The van der Waals surface area contributed by atoms with Gasteiger partial charge < -0.3 is 10.1 Å². The minimum absolute atomic E-state index is 0.392. The van der Waals surface area contributed by atoms with Crippen molar-refractivity contribution in [1.82, 2.24) is 5.32 Å². The quantitative estimate of drug-likeness (QED) is 0.634. The Balaban J connectivity index is 3.01. The van der Waals surface area contributed by atoms with E-state index >= 15 is 0 Å². The predicted octanol–water partition coefficient (Wildman–Crippen LogP) is 1.56. The molecule has 0 heterocycles. The van der Waals surface area contributed by atoms with Crippen LogP contribution in [0.4, 0.5) is 13.2 Å². The predicted molar refractivity (Wildman–Crippen MR) is 40.0 cm³/mol. The van der Waals surface area contributed by atoms with E-state index in [0.29, 0.717) is 19.6 Å². The van der Waals surface area contributed by atoms with E-state index < -0.39 is 12.7 Å². The van der Waals surface area contributed by atoms with Gasteiger partial charge in [-0.15, -0.1) is 0 Å². The molecule has 0 spiro atoms. The lowest BCUT2D eigenvalue weighted by molar-refractivity contribution is -0.124. The summed E-state index contributed by atoms with van der Waals surface area (Å²) >= 11 is 0. The molecule has 0 fully saturated rings. The molecule has 0 aliphatic rings. The summed E-state index contributed by atoms with van der Waals surface area (Å²) in [6.45, 7) is 0.0938. The van der Waals surface area contributed by atoms with Crippen LogP contribution in [-0.2, 0) is 4.74 Å². The molecule has 1 N–H and O–H groups in total. The highest BCUT2D eigenvalue weighted by Crippen LogP contribution is 2.11. The van der Waals surface area contributed by atoms with Gasteiger partial charge in [-0.25, -0.2) is 0 Å². The molecule has 0 saturated heterocycles. The summed E-state index contributed by atoms with van der Waals surface area (Å²) in [5, 5.41) is 2.30. The summed E-state index contributed by atoms with van der Waals surface area (Å²) in [7, 11) is 1.57. The molecule has 0 bridgehead atoms. The number of halogens is 3. The third-order valence-corrected chi connectivity index (χ3v) is 1.28. The Kier molecular flexibility index (Phi) is 6.10. The summed E-state index contributed by atoms with van der Waals surface area (Å²) < 4.78 is 39.4. The van der Waals surface area contributed by atoms with Crippen molar-refractivity contribution >= 4 is 0 Å². The molecule has 12 heavy (non-hydrogen) atoms. The molecule has 0 aliphatic heterocycles. The van der Waals surface area contributed by atoms with Crippen LogP contribution in [0.25, 0.3) is 0 Å². The molecule has 0 aromatic rings. The second kappa shape index (κ2) is 6.25. The number of ether oxygens (including phenoxy) is 1. The molecule has 0 amide bonds. The van der Waals surface area contributed by atoms with Gasteiger partial charge in [0.25, 0.3) is 0 Å². The molecule has 0 aliphatic carbocycles. The Bertz CT molecular complexity index is 105. The van der Waals surface area contributed by atoms with Gasteiger partial charge in [-0.1, -0.05) is 0 Å². The lowest BCUT2D eigenvalue weighted by Crippen LogP contribution is -2.29. The molecule has 2 nitrogen and oxygen atoms in total. The Morgan fingerprint density at radius 1 is 1.25 bits per heavy atom. The Morgan fingerprint density at radius 3 is 2.42 bits per heavy atom.